The van der Waals surface area contributed by atoms with E-state index in [9.17, 15) is 31.1 Å². The number of carbonyl (C=O) groups excluding carboxylic acids is 1. The predicted molar refractivity (Wildman–Crippen MR) is 121 cm³/mol. The Morgan fingerprint density at radius 3 is 2.42 bits per heavy atom. The summed E-state index contributed by atoms with van der Waals surface area (Å²) in [6.07, 6.45) is -9.93. The Balaban J connectivity index is 1.52. The normalized spacial score (nSPS) is 12.0. The van der Waals surface area contributed by atoms with Gasteiger partial charge in [0.25, 0.3) is 0 Å². The molecule has 0 saturated heterocycles. The smallest absolute Gasteiger partial charge is 0.416 e. The molecule has 0 unspecified atom stereocenters. The molecule has 36 heavy (non-hydrogen) atoms. The van der Waals surface area contributed by atoms with Crippen molar-refractivity contribution < 1.29 is 35.9 Å². The first-order chi connectivity index (χ1) is 16.9. The van der Waals surface area contributed by atoms with Gasteiger partial charge in [0.15, 0.2) is 5.82 Å². The van der Waals surface area contributed by atoms with E-state index in [1.165, 1.54) is 24.3 Å². The van der Waals surface area contributed by atoms with Gasteiger partial charge in [-0.2, -0.15) is 31.4 Å². The summed E-state index contributed by atoms with van der Waals surface area (Å²) in [6, 6.07) is 11.5. The molecule has 3 aromatic carbocycles. The van der Waals surface area contributed by atoms with E-state index < -0.39 is 41.7 Å². The molecule has 0 atom stereocenters. The zero-order chi connectivity index (χ0) is 26.1. The lowest BCUT2D eigenvalue weighted by Crippen LogP contribution is -2.19. The predicted octanol–water partition coefficient (Wildman–Crippen LogP) is 7.48. The number of nitrogens with zero attached hydrogens (tertiary/aromatic N) is 1. The average Bonchev–Trinajstić information content (AvgIpc) is 3.18. The first kappa shape index (κ1) is 25.2. The molecule has 0 radical (unpaired) electrons. The number of ether oxygens (including phenoxy) is 1. The molecule has 2 amide bonds. The monoisotopic (exact) mass is 528 g/mol. The number of anilines is 2. The van der Waals surface area contributed by atoms with E-state index in [4.69, 9.17) is 16.3 Å². The molecule has 0 aliphatic carbocycles. The average molecular weight is 529 g/mol. The summed E-state index contributed by atoms with van der Waals surface area (Å²) in [6.45, 7) is -0.644. The lowest BCUT2D eigenvalue weighted by atomic mass is 10.0. The van der Waals surface area contributed by atoms with Crippen molar-refractivity contribution in [3.63, 3.8) is 0 Å². The highest BCUT2D eigenvalue weighted by Crippen LogP contribution is 2.38. The fourth-order valence-electron chi connectivity index (χ4n) is 3.32. The second-order valence-electron chi connectivity index (χ2n) is 7.53. The van der Waals surface area contributed by atoms with Crippen LogP contribution in [0, 0.1) is 0 Å². The third-order valence-corrected chi connectivity index (χ3v) is 5.22. The van der Waals surface area contributed by atoms with Crippen molar-refractivity contribution in [2.75, 3.05) is 10.6 Å². The van der Waals surface area contributed by atoms with Crippen molar-refractivity contribution in [2.45, 2.75) is 19.0 Å². The lowest BCUT2D eigenvalue weighted by Gasteiger charge is -2.16. The number of amides is 2. The first-order valence-electron chi connectivity index (χ1n) is 10.1. The molecule has 1 heterocycles. The van der Waals surface area contributed by atoms with Crippen molar-refractivity contribution in [3.8, 4) is 5.75 Å². The Hall–Kier alpha value is -3.93. The number of hydrogen-bond donors (Lipinski definition) is 3. The van der Waals surface area contributed by atoms with Gasteiger partial charge in [0, 0.05) is 21.7 Å². The number of urea groups is 1. The summed E-state index contributed by atoms with van der Waals surface area (Å²) in [7, 11) is 0. The molecular weight excluding hydrogens is 514 g/mol. The molecule has 0 fully saturated rings. The van der Waals surface area contributed by atoms with Gasteiger partial charge >= 0.3 is 18.4 Å². The van der Waals surface area contributed by atoms with E-state index in [1.54, 1.807) is 18.2 Å². The summed E-state index contributed by atoms with van der Waals surface area (Å²) in [5.41, 5.74) is -2.40. The third kappa shape index (κ3) is 5.82. The number of nitrogens with one attached hydrogen (secondary N) is 3. The van der Waals surface area contributed by atoms with Crippen molar-refractivity contribution >= 4 is 40.0 Å². The maximum Gasteiger partial charge on any atom is 0.416 e. The van der Waals surface area contributed by atoms with Crippen molar-refractivity contribution in [1.29, 1.82) is 0 Å². The van der Waals surface area contributed by atoms with Crippen LogP contribution in [-0.2, 0) is 19.0 Å². The number of fused-ring (bicyclic) bond motifs is 1. The molecule has 0 aliphatic heterocycles. The molecule has 4 aromatic rings. The molecular formula is C23H15ClF6N4O2. The summed E-state index contributed by atoms with van der Waals surface area (Å²) in [5.74, 6) is 0.218. The van der Waals surface area contributed by atoms with E-state index >= 15 is 0 Å². The summed E-state index contributed by atoms with van der Waals surface area (Å²) in [4.78, 5) is 12.3. The van der Waals surface area contributed by atoms with Crippen molar-refractivity contribution in [3.05, 3.63) is 82.4 Å². The largest absolute Gasteiger partial charge is 0.489 e. The van der Waals surface area contributed by atoms with Crippen LogP contribution in [0.5, 0.6) is 5.75 Å². The maximum atomic E-state index is 13.4. The molecule has 6 nitrogen and oxygen atoms in total. The van der Waals surface area contributed by atoms with E-state index in [0.29, 0.717) is 27.7 Å². The molecule has 3 N–H and O–H groups in total. The molecule has 0 bridgehead atoms. The van der Waals surface area contributed by atoms with Gasteiger partial charge < -0.3 is 10.1 Å². The number of aromatic amines is 1. The third-order valence-electron chi connectivity index (χ3n) is 4.99. The van der Waals surface area contributed by atoms with E-state index in [1.807, 2.05) is 0 Å². The Labute approximate surface area is 204 Å². The number of aromatic nitrogens is 2. The van der Waals surface area contributed by atoms with Crippen LogP contribution >= 0.6 is 11.6 Å². The molecule has 0 aliphatic rings. The van der Waals surface area contributed by atoms with Gasteiger partial charge in [0.05, 0.1) is 16.6 Å². The number of rotatable bonds is 5. The Morgan fingerprint density at radius 2 is 1.72 bits per heavy atom. The van der Waals surface area contributed by atoms with Crippen LogP contribution in [0.4, 0.5) is 42.6 Å². The highest BCUT2D eigenvalue weighted by molar-refractivity contribution is 6.30. The van der Waals surface area contributed by atoms with Gasteiger partial charge in [-0.1, -0.05) is 23.7 Å². The molecule has 0 spiro atoms. The van der Waals surface area contributed by atoms with Crippen LogP contribution in [0.2, 0.25) is 5.02 Å². The molecule has 1 aromatic heterocycles. The van der Waals surface area contributed by atoms with Gasteiger partial charge in [-0.3, -0.25) is 10.4 Å². The molecule has 0 saturated carbocycles. The second-order valence-corrected chi connectivity index (χ2v) is 7.96. The second kappa shape index (κ2) is 9.61. The van der Waals surface area contributed by atoms with Crippen LogP contribution in [0.3, 0.4) is 0 Å². The SMILES string of the molecule is O=C(Nc1cccc(Cl)c1)Nc1n[nH]c2ccc(OCc3ccc(C(F)(F)F)cc3C(F)(F)F)cc12. The van der Waals surface area contributed by atoms with Gasteiger partial charge in [-0.25, -0.2) is 4.79 Å². The summed E-state index contributed by atoms with van der Waals surface area (Å²) < 4.78 is 84.2. The molecule has 13 heteroatoms. The number of H-pyrrole nitrogens is 1. The van der Waals surface area contributed by atoms with Gasteiger partial charge in [0.2, 0.25) is 0 Å². The lowest BCUT2D eigenvalue weighted by molar-refractivity contribution is -0.143. The van der Waals surface area contributed by atoms with Crippen LogP contribution < -0.4 is 15.4 Å². The number of benzene rings is 3. The number of hydrogen-bond acceptors (Lipinski definition) is 3. The van der Waals surface area contributed by atoms with Gasteiger partial charge in [-0.15, -0.1) is 0 Å². The van der Waals surface area contributed by atoms with Crippen LogP contribution in [0.25, 0.3) is 10.9 Å². The van der Waals surface area contributed by atoms with Crippen LogP contribution in [0.15, 0.2) is 60.7 Å². The quantitative estimate of drug-likeness (QED) is 0.235. The van der Waals surface area contributed by atoms with E-state index in [-0.39, 0.29) is 17.6 Å². The topological polar surface area (TPSA) is 79.0 Å². The minimum absolute atomic E-state index is 0.0541. The first-order valence-corrected chi connectivity index (χ1v) is 10.5. The zero-order valence-corrected chi connectivity index (χ0v) is 18.6. The highest BCUT2D eigenvalue weighted by atomic mass is 35.5. The minimum Gasteiger partial charge on any atom is -0.489 e. The maximum absolute atomic E-state index is 13.4. The standard InChI is InChI=1S/C23H15ClF6N4O2/c24-14-2-1-3-15(9-14)31-21(35)32-20-17-10-16(6-7-19(17)33-34-20)36-11-12-4-5-13(22(25,26)27)8-18(12)23(28,29)30/h1-10H,11H2,(H3,31,32,33,34,35). The van der Waals surface area contributed by atoms with Crippen molar-refractivity contribution in [2.24, 2.45) is 0 Å². The fraction of sp³-hybridized carbons (Fsp3) is 0.130. The number of halogens is 7. The Bertz CT molecular complexity index is 1420. The molecule has 188 valence electrons. The molecule has 4 rings (SSSR count). The summed E-state index contributed by atoms with van der Waals surface area (Å²) >= 11 is 5.89. The zero-order valence-electron chi connectivity index (χ0n) is 17.9. The van der Waals surface area contributed by atoms with Gasteiger partial charge in [-0.05, 0) is 48.5 Å². The van der Waals surface area contributed by atoms with Gasteiger partial charge in [0.1, 0.15) is 12.4 Å². The van der Waals surface area contributed by atoms with E-state index in [0.717, 1.165) is 6.07 Å². The highest BCUT2D eigenvalue weighted by Gasteiger charge is 2.38. The minimum atomic E-state index is -5.01. The Morgan fingerprint density at radius 1 is 0.944 bits per heavy atom. The number of carbonyl (C=O) groups is 1. The number of alkyl halides is 6. The Kier molecular flexibility index (Phi) is 6.72. The summed E-state index contributed by atoms with van der Waals surface area (Å²) in [5, 5.41) is 12.6. The van der Waals surface area contributed by atoms with Crippen LogP contribution in [0.1, 0.15) is 16.7 Å². The fourth-order valence-corrected chi connectivity index (χ4v) is 3.51. The van der Waals surface area contributed by atoms with Crippen molar-refractivity contribution in [1.82, 2.24) is 10.2 Å². The van der Waals surface area contributed by atoms with Crippen LogP contribution in [-0.4, -0.2) is 16.2 Å². The van der Waals surface area contributed by atoms with E-state index in [2.05, 4.69) is 20.8 Å².